The Kier molecular flexibility index (Phi) is 4.19. The fourth-order valence-electron chi connectivity index (χ4n) is 0.803. The predicted octanol–water partition coefficient (Wildman–Crippen LogP) is 2.19. The Morgan fingerprint density at radius 3 is 2.53 bits per heavy atom. The van der Waals surface area contributed by atoms with E-state index in [4.69, 9.17) is 4.55 Å². The normalized spacial score (nSPS) is 10.8. The summed E-state index contributed by atoms with van der Waals surface area (Å²) in [5, 5.41) is 0. The molecule has 1 N–H and O–H groups in total. The van der Waals surface area contributed by atoms with Crippen LogP contribution in [0, 0.1) is 0 Å². The van der Waals surface area contributed by atoms with Crippen molar-refractivity contribution in [2.45, 2.75) is 6.92 Å². The van der Waals surface area contributed by atoms with Crippen molar-refractivity contribution in [2.24, 2.45) is 0 Å². The maximum absolute atomic E-state index is 9.56. The van der Waals surface area contributed by atoms with Crippen molar-refractivity contribution in [3.63, 3.8) is 0 Å². The summed E-state index contributed by atoms with van der Waals surface area (Å²) in [6.07, 6.45) is 0. The number of rotatable bonds is 1. The Labute approximate surface area is 92.3 Å². The van der Waals surface area contributed by atoms with Crippen LogP contribution in [0.25, 0.3) is 10.2 Å². The van der Waals surface area contributed by atoms with Crippen molar-refractivity contribution in [3.8, 4) is 0 Å². The third kappa shape index (κ3) is 4.37. The maximum Gasteiger partial charge on any atom is 0.264 e. The van der Waals surface area contributed by atoms with Gasteiger partial charge in [0.2, 0.25) is 0 Å². The molecule has 0 amide bonds. The van der Waals surface area contributed by atoms with Crippen LogP contribution < -0.4 is 0 Å². The van der Waals surface area contributed by atoms with Gasteiger partial charge in [0.1, 0.15) is 0 Å². The molecule has 4 nitrogen and oxygen atoms in total. The van der Waals surface area contributed by atoms with Crippen molar-refractivity contribution in [3.05, 3.63) is 29.8 Å². The third-order valence-corrected chi connectivity index (χ3v) is 3.14. The molecule has 0 radical (unpaired) electrons. The number of aromatic nitrogens is 1. The highest BCUT2D eigenvalue weighted by Gasteiger charge is 1.93. The topological polar surface area (TPSA) is 67.3 Å². The van der Waals surface area contributed by atoms with Gasteiger partial charge in [0.05, 0.1) is 21.5 Å². The van der Waals surface area contributed by atoms with Crippen LogP contribution in [0.4, 0.5) is 0 Å². The molecule has 82 valence electrons. The van der Waals surface area contributed by atoms with E-state index in [0.29, 0.717) is 0 Å². The summed E-state index contributed by atoms with van der Waals surface area (Å²) in [6, 6.07) is 8.13. The zero-order valence-electron chi connectivity index (χ0n) is 8.12. The van der Waals surface area contributed by atoms with Gasteiger partial charge in [-0.1, -0.05) is 12.1 Å². The first kappa shape index (κ1) is 12.1. The van der Waals surface area contributed by atoms with E-state index in [-0.39, 0.29) is 5.75 Å². The van der Waals surface area contributed by atoms with Gasteiger partial charge in [-0.15, -0.1) is 11.3 Å². The smallest absolute Gasteiger partial charge is 0.264 e. The van der Waals surface area contributed by atoms with Crippen LogP contribution in [0.5, 0.6) is 0 Å². The largest absolute Gasteiger partial charge is 0.286 e. The van der Waals surface area contributed by atoms with E-state index in [0.717, 1.165) is 5.52 Å². The number of fused-ring (bicyclic) bond motifs is 1. The van der Waals surface area contributed by atoms with Gasteiger partial charge >= 0.3 is 0 Å². The van der Waals surface area contributed by atoms with Crippen LogP contribution in [0.1, 0.15) is 6.92 Å². The molecule has 2 rings (SSSR count). The average molecular weight is 245 g/mol. The molecule has 0 unspecified atom stereocenters. The number of para-hydroxylation sites is 1. The van der Waals surface area contributed by atoms with Gasteiger partial charge in [-0.25, -0.2) is 4.98 Å². The molecule has 6 heteroatoms. The fourth-order valence-corrected chi connectivity index (χ4v) is 1.48. The van der Waals surface area contributed by atoms with Crippen molar-refractivity contribution < 1.29 is 13.0 Å². The lowest BCUT2D eigenvalue weighted by Crippen LogP contribution is -1.97. The minimum Gasteiger partial charge on any atom is -0.286 e. The van der Waals surface area contributed by atoms with Crippen molar-refractivity contribution >= 4 is 31.7 Å². The van der Waals surface area contributed by atoms with E-state index < -0.39 is 10.1 Å². The zero-order valence-corrected chi connectivity index (χ0v) is 9.75. The van der Waals surface area contributed by atoms with Crippen LogP contribution in [-0.2, 0) is 10.1 Å². The van der Waals surface area contributed by atoms with E-state index in [1.54, 1.807) is 11.3 Å². The summed E-state index contributed by atoms with van der Waals surface area (Å²) in [7, 11) is -3.66. The molecule has 2 aromatic rings. The summed E-state index contributed by atoms with van der Waals surface area (Å²) in [5.41, 5.74) is 2.97. The average Bonchev–Trinajstić information content (AvgIpc) is 2.65. The minimum absolute atomic E-state index is 0.201. The van der Waals surface area contributed by atoms with Crippen molar-refractivity contribution in [1.82, 2.24) is 4.98 Å². The second kappa shape index (κ2) is 5.20. The highest BCUT2D eigenvalue weighted by atomic mass is 32.2. The van der Waals surface area contributed by atoms with Gasteiger partial charge in [0, 0.05) is 0 Å². The van der Waals surface area contributed by atoms with Gasteiger partial charge in [-0.2, -0.15) is 8.42 Å². The fraction of sp³-hybridized carbons (Fsp3) is 0.222. The highest BCUT2D eigenvalue weighted by molar-refractivity contribution is 7.85. The van der Waals surface area contributed by atoms with Crippen LogP contribution in [-0.4, -0.2) is 23.7 Å². The van der Waals surface area contributed by atoms with E-state index in [2.05, 4.69) is 11.1 Å². The van der Waals surface area contributed by atoms with Crippen molar-refractivity contribution in [2.75, 3.05) is 5.75 Å². The Hall–Kier alpha value is -0.980. The van der Waals surface area contributed by atoms with Crippen LogP contribution in [0.3, 0.4) is 0 Å². The van der Waals surface area contributed by atoms with E-state index in [1.807, 2.05) is 23.7 Å². The van der Waals surface area contributed by atoms with Crippen LogP contribution in [0.2, 0.25) is 0 Å². The molecule has 0 atom stereocenters. The Morgan fingerprint density at radius 2 is 2.00 bits per heavy atom. The molecule has 0 saturated heterocycles. The van der Waals surface area contributed by atoms with Gasteiger partial charge in [-0.05, 0) is 19.1 Å². The third-order valence-electron chi connectivity index (χ3n) is 1.60. The van der Waals surface area contributed by atoms with E-state index in [1.165, 1.54) is 11.6 Å². The molecule has 0 spiro atoms. The summed E-state index contributed by atoms with van der Waals surface area (Å²) >= 11 is 1.68. The molecule has 0 aliphatic rings. The first-order valence-electron chi connectivity index (χ1n) is 4.26. The summed E-state index contributed by atoms with van der Waals surface area (Å²) in [6.45, 7) is 1.37. The second-order valence-electron chi connectivity index (χ2n) is 2.69. The lowest BCUT2D eigenvalue weighted by Gasteiger charge is -1.80. The number of benzene rings is 1. The highest BCUT2D eigenvalue weighted by Crippen LogP contribution is 2.15. The first-order chi connectivity index (χ1) is 7.03. The molecule has 0 fully saturated rings. The molecular formula is C9H11NO3S2. The lowest BCUT2D eigenvalue weighted by atomic mass is 10.3. The van der Waals surface area contributed by atoms with E-state index >= 15 is 0 Å². The number of nitrogens with zero attached hydrogens (tertiary/aromatic N) is 1. The van der Waals surface area contributed by atoms with Gasteiger partial charge in [0.15, 0.2) is 0 Å². The molecule has 1 heterocycles. The van der Waals surface area contributed by atoms with Gasteiger partial charge < -0.3 is 0 Å². The summed E-state index contributed by atoms with van der Waals surface area (Å²) < 4.78 is 28.2. The monoisotopic (exact) mass is 245 g/mol. The molecule has 0 aliphatic heterocycles. The Morgan fingerprint density at radius 1 is 1.40 bits per heavy atom. The minimum atomic E-state index is -3.66. The maximum atomic E-state index is 9.56. The Bertz CT molecular complexity index is 489. The SMILES string of the molecule is CCS(=O)(=O)O.c1ccc2scnc2c1. The quantitative estimate of drug-likeness (QED) is 0.782. The first-order valence-corrected chi connectivity index (χ1v) is 6.75. The predicted molar refractivity (Wildman–Crippen MR) is 61.7 cm³/mol. The molecule has 0 saturated carbocycles. The van der Waals surface area contributed by atoms with Gasteiger partial charge in [-0.3, -0.25) is 4.55 Å². The molecule has 1 aromatic heterocycles. The molecule has 1 aromatic carbocycles. The van der Waals surface area contributed by atoms with Crippen LogP contribution in [0.15, 0.2) is 29.8 Å². The molecule has 15 heavy (non-hydrogen) atoms. The number of thiazole rings is 1. The Balaban J connectivity index is 0.000000167. The van der Waals surface area contributed by atoms with Gasteiger partial charge in [0.25, 0.3) is 10.1 Å². The molecule has 0 aliphatic carbocycles. The lowest BCUT2D eigenvalue weighted by molar-refractivity contribution is 0.484. The standard InChI is InChI=1S/C7H5NS.C2H6O3S/c1-2-4-7-6(3-1)8-5-9-7;1-2-6(3,4)5/h1-5H;2H2,1H3,(H,3,4,5). The molecule has 0 bridgehead atoms. The summed E-state index contributed by atoms with van der Waals surface area (Å²) in [4.78, 5) is 4.14. The number of hydrogen-bond donors (Lipinski definition) is 1. The number of hydrogen-bond acceptors (Lipinski definition) is 4. The van der Waals surface area contributed by atoms with E-state index in [9.17, 15) is 8.42 Å². The second-order valence-corrected chi connectivity index (χ2v) is 5.32. The molecular weight excluding hydrogens is 234 g/mol. The summed E-state index contributed by atoms with van der Waals surface area (Å²) in [5.74, 6) is -0.201. The van der Waals surface area contributed by atoms with Crippen LogP contribution >= 0.6 is 11.3 Å². The zero-order chi connectivity index (χ0) is 11.3. The van der Waals surface area contributed by atoms with Crippen molar-refractivity contribution in [1.29, 1.82) is 0 Å².